The molecule has 2 unspecified atom stereocenters. The van der Waals surface area contributed by atoms with Gasteiger partial charge in [-0.05, 0) is 74.9 Å². The number of rotatable bonds is 4. The predicted molar refractivity (Wildman–Crippen MR) is 121 cm³/mol. The molecule has 1 aliphatic rings. The van der Waals surface area contributed by atoms with Crippen molar-refractivity contribution in [1.82, 2.24) is 5.32 Å². The summed E-state index contributed by atoms with van der Waals surface area (Å²) in [7, 11) is 1.43. The molecule has 4 nitrogen and oxygen atoms in total. The summed E-state index contributed by atoms with van der Waals surface area (Å²) in [6.07, 6.45) is 3.02. The molecule has 28 heavy (non-hydrogen) atoms. The lowest BCUT2D eigenvalue weighted by atomic mass is 9.88. The van der Waals surface area contributed by atoms with Crippen LogP contribution in [0.4, 0.5) is 5.00 Å². The molecule has 0 amide bonds. The predicted octanol–water partition coefficient (Wildman–Crippen LogP) is 5.32. The van der Waals surface area contributed by atoms with Gasteiger partial charge in [-0.25, -0.2) is 4.79 Å². The first-order chi connectivity index (χ1) is 13.3. The molecule has 1 aliphatic carbocycles. The molecule has 0 radical (unpaired) electrons. The Bertz CT molecular complexity index is 904. The Labute approximate surface area is 176 Å². The van der Waals surface area contributed by atoms with E-state index in [0.717, 1.165) is 29.8 Å². The molecule has 6 heteroatoms. The minimum atomic E-state index is -0.292. The first-order valence-electron chi connectivity index (χ1n) is 9.67. The van der Waals surface area contributed by atoms with Crippen molar-refractivity contribution in [3.63, 3.8) is 0 Å². The Hall–Kier alpha value is -1.92. The summed E-state index contributed by atoms with van der Waals surface area (Å²) in [6, 6.07) is 6.49. The molecule has 2 atom stereocenters. The summed E-state index contributed by atoms with van der Waals surface area (Å²) < 4.78 is 5.05. The average Bonchev–Trinajstić information content (AvgIpc) is 2.97. The Morgan fingerprint density at radius 2 is 2.11 bits per heavy atom. The molecule has 150 valence electrons. The number of thiophene rings is 1. The van der Waals surface area contributed by atoms with E-state index >= 15 is 0 Å². The number of hydrogen-bond acceptors (Lipinski definition) is 4. The van der Waals surface area contributed by atoms with Crippen LogP contribution < -0.4 is 10.6 Å². The smallest absolute Gasteiger partial charge is 0.341 e. The molecule has 2 N–H and O–H groups in total. The fourth-order valence-electron chi connectivity index (χ4n) is 3.88. The van der Waals surface area contributed by atoms with Gasteiger partial charge in [-0.15, -0.1) is 11.3 Å². The van der Waals surface area contributed by atoms with E-state index in [-0.39, 0.29) is 12.0 Å². The third kappa shape index (κ3) is 4.39. The summed E-state index contributed by atoms with van der Waals surface area (Å²) >= 11 is 7.19. The molecule has 0 bridgehead atoms. The quantitative estimate of drug-likeness (QED) is 0.521. The van der Waals surface area contributed by atoms with Gasteiger partial charge in [0.25, 0.3) is 0 Å². The van der Waals surface area contributed by atoms with Gasteiger partial charge in [0, 0.05) is 4.88 Å². The second kappa shape index (κ2) is 8.62. The van der Waals surface area contributed by atoms with E-state index in [1.807, 2.05) is 0 Å². The van der Waals surface area contributed by atoms with E-state index in [2.05, 4.69) is 56.5 Å². The number of anilines is 1. The van der Waals surface area contributed by atoms with Crippen LogP contribution in [0.5, 0.6) is 0 Å². The van der Waals surface area contributed by atoms with Gasteiger partial charge in [-0.1, -0.05) is 30.7 Å². The number of thiocarbonyl (C=S) groups is 1. The Morgan fingerprint density at radius 1 is 1.36 bits per heavy atom. The Kier molecular flexibility index (Phi) is 6.40. The van der Waals surface area contributed by atoms with Crippen LogP contribution in [0, 0.1) is 19.8 Å². The number of aryl methyl sites for hydroxylation is 2. The highest BCUT2D eigenvalue weighted by Gasteiger charge is 2.28. The number of nitrogens with one attached hydrogen (secondary N) is 2. The number of carbonyl (C=O) groups is 1. The standard InChI is InChI=1S/C22H28N2O2S2/c1-12-6-8-16(14(3)10-12)15(4)23-22(27)24-20-19(21(25)26-5)17-9-7-13(2)11-18(17)28-20/h6,8,10,13,15H,7,9,11H2,1-5H3,(H2,23,24,27). The zero-order valence-electron chi connectivity index (χ0n) is 17.1. The maximum atomic E-state index is 12.4. The number of esters is 1. The number of ether oxygens (including phenoxy) is 1. The lowest BCUT2D eigenvalue weighted by molar-refractivity contribution is 0.0601. The minimum Gasteiger partial charge on any atom is -0.465 e. The number of benzene rings is 1. The van der Waals surface area contributed by atoms with E-state index in [0.29, 0.717) is 16.6 Å². The highest BCUT2D eigenvalue weighted by Crippen LogP contribution is 2.40. The normalized spacial score (nSPS) is 16.8. The second-order valence-corrected chi connectivity index (χ2v) is 9.24. The molecule has 0 saturated heterocycles. The van der Waals surface area contributed by atoms with Crippen molar-refractivity contribution >= 4 is 39.6 Å². The molecule has 3 rings (SSSR count). The summed E-state index contributed by atoms with van der Waals surface area (Å²) in [5, 5.41) is 7.93. The number of carbonyl (C=O) groups excluding carboxylic acids is 1. The van der Waals surface area contributed by atoms with Crippen molar-refractivity contribution < 1.29 is 9.53 Å². The lowest BCUT2D eigenvalue weighted by Gasteiger charge is -2.19. The van der Waals surface area contributed by atoms with Crippen LogP contribution in [0.1, 0.15) is 63.8 Å². The fraction of sp³-hybridized carbons (Fsp3) is 0.455. The lowest BCUT2D eigenvalue weighted by Crippen LogP contribution is -2.31. The van der Waals surface area contributed by atoms with Crippen LogP contribution in [0.25, 0.3) is 0 Å². The van der Waals surface area contributed by atoms with Gasteiger partial charge in [0.1, 0.15) is 5.00 Å². The van der Waals surface area contributed by atoms with Crippen LogP contribution >= 0.6 is 23.6 Å². The van der Waals surface area contributed by atoms with Crippen LogP contribution in [-0.2, 0) is 17.6 Å². The first-order valence-corrected chi connectivity index (χ1v) is 10.9. The van der Waals surface area contributed by atoms with Crippen LogP contribution in [-0.4, -0.2) is 18.2 Å². The van der Waals surface area contributed by atoms with Gasteiger partial charge in [0.2, 0.25) is 0 Å². The molecule has 0 fully saturated rings. The topological polar surface area (TPSA) is 50.4 Å². The SMILES string of the molecule is COC(=O)c1c(NC(=S)NC(C)c2ccc(C)cc2C)sc2c1CCC(C)C2. The summed E-state index contributed by atoms with van der Waals surface area (Å²) in [6.45, 7) is 8.55. The van der Waals surface area contributed by atoms with Crippen molar-refractivity contribution in [2.45, 2.75) is 53.0 Å². The van der Waals surface area contributed by atoms with Crippen molar-refractivity contribution in [3.05, 3.63) is 50.9 Å². The maximum absolute atomic E-state index is 12.4. The van der Waals surface area contributed by atoms with Crippen LogP contribution in [0.2, 0.25) is 0 Å². The molecule has 0 saturated carbocycles. The Morgan fingerprint density at radius 3 is 2.79 bits per heavy atom. The fourth-order valence-corrected chi connectivity index (χ4v) is 5.63. The third-order valence-electron chi connectivity index (χ3n) is 5.37. The van der Waals surface area contributed by atoms with Crippen LogP contribution in [0.15, 0.2) is 18.2 Å². The van der Waals surface area contributed by atoms with Gasteiger partial charge >= 0.3 is 5.97 Å². The largest absolute Gasteiger partial charge is 0.465 e. The second-order valence-electron chi connectivity index (χ2n) is 7.73. The van der Waals surface area contributed by atoms with Crippen molar-refractivity contribution in [1.29, 1.82) is 0 Å². The van der Waals surface area contributed by atoms with E-state index in [1.165, 1.54) is 28.7 Å². The van der Waals surface area contributed by atoms with Gasteiger partial charge in [-0.3, -0.25) is 0 Å². The summed E-state index contributed by atoms with van der Waals surface area (Å²) in [5.74, 6) is 0.346. The van der Waals surface area contributed by atoms with E-state index < -0.39 is 0 Å². The molecule has 1 aromatic carbocycles. The monoisotopic (exact) mass is 416 g/mol. The summed E-state index contributed by atoms with van der Waals surface area (Å²) in [5.41, 5.74) is 5.47. The maximum Gasteiger partial charge on any atom is 0.341 e. The highest BCUT2D eigenvalue weighted by atomic mass is 32.1. The van der Waals surface area contributed by atoms with E-state index in [1.54, 1.807) is 11.3 Å². The molecule has 2 aromatic rings. The van der Waals surface area contributed by atoms with Crippen molar-refractivity contribution in [2.75, 3.05) is 12.4 Å². The van der Waals surface area contributed by atoms with Gasteiger partial charge in [0.15, 0.2) is 5.11 Å². The van der Waals surface area contributed by atoms with Gasteiger partial charge in [-0.2, -0.15) is 0 Å². The van der Waals surface area contributed by atoms with E-state index in [9.17, 15) is 4.79 Å². The number of fused-ring (bicyclic) bond motifs is 1. The molecular formula is C22H28N2O2S2. The third-order valence-corrected chi connectivity index (χ3v) is 6.76. The zero-order chi connectivity index (χ0) is 20.4. The minimum absolute atomic E-state index is 0.0665. The Balaban J connectivity index is 1.79. The number of hydrogen-bond donors (Lipinski definition) is 2. The summed E-state index contributed by atoms with van der Waals surface area (Å²) in [4.78, 5) is 13.7. The highest BCUT2D eigenvalue weighted by molar-refractivity contribution is 7.80. The van der Waals surface area contributed by atoms with Gasteiger partial charge < -0.3 is 15.4 Å². The first kappa shape index (κ1) is 20.8. The molecule has 1 heterocycles. The van der Waals surface area contributed by atoms with Gasteiger partial charge in [0.05, 0.1) is 18.7 Å². The average molecular weight is 417 g/mol. The van der Waals surface area contributed by atoms with Crippen LogP contribution in [0.3, 0.4) is 0 Å². The zero-order valence-corrected chi connectivity index (χ0v) is 18.8. The number of methoxy groups -OCH3 is 1. The molecular weight excluding hydrogens is 388 g/mol. The van der Waals surface area contributed by atoms with E-state index in [4.69, 9.17) is 17.0 Å². The molecule has 1 aromatic heterocycles. The van der Waals surface area contributed by atoms with Crippen molar-refractivity contribution in [3.8, 4) is 0 Å². The molecule has 0 spiro atoms. The molecule has 0 aliphatic heterocycles. The van der Waals surface area contributed by atoms with Crippen molar-refractivity contribution in [2.24, 2.45) is 5.92 Å².